The molecule has 0 N–H and O–H groups in total. The predicted octanol–water partition coefficient (Wildman–Crippen LogP) is 2.70. The van der Waals surface area contributed by atoms with Gasteiger partial charge in [-0.2, -0.15) is 0 Å². The molecule has 0 aliphatic carbocycles. The molecule has 0 spiro atoms. The third-order valence-electron chi connectivity index (χ3n) is 3.09. The van der Waals surface area contributed by atoms with Crippen LogP contribution in [0.2, 0.25) is 0 Å². The number of fused-ring (bicyclic) bond motifs is 1. The van der Waals surface area contributed by atoms with Crippen LogP contribution >= 0.6 is 11.6 Å². The lowest BCUT2D eigenvalue weighted by Crippen LogP contribution is -2.18. The van der Waals surface area contributed by atoms with Gasteiger partial charge in [-0.15, -0.1) is 11.6 Å². The predicted molar refractivity (Wildman–Crippen MR) is 78.5 cm³/mol. The molecule has 8 heteroatoms. The van der Waals surface area contributed by atoms with E-state index < -0.39 is 27.5 Å². The summed E-state index contributed by atoms with van der Waals surface area (Å²) >= 11 is 5.71. The second kappa shape index (κ2) is 5.88. The Morgan fingerprint density at radius 3 is 2.62 bits per heavy atom. The quantitative estimate of drug-likeness (QED) is 0.789. The van der Waals surface area contributed by atoms with Crippen molar-refractivity contribution in [2.75, 3.05) is 17.9 Å². The van der Waals surface area contributed by atoms with Crippen LogP contribution in [0, 0.1) is 11.6 Å². The van der Waals surface area contributed by atoms with Crippen LogP contribution in [0.25, 0.3) is 11.0 Å². The molecule has 2 aromatic rings. The fraction of sp³-hybridized carbons (Fsp3) is 0.462. The molecule has 1 heterocycles. The van der Waals surface area contributed by atoms with Gasteiger partial charge in [0.25, 0.3) is 0 Å². The highest BCUT2D eigenvalue weighted by molar-refractivity contribution is 7.90. The fourth-order valence-electron chi connectivity index (χ4n) is 2.43. The van der Waals surface area contributed by atoms with Crippen molar-refractivity contribution in [3.05, 3.63) is 29.6 Å². The van der Waals surface area contributed by atoms with E-state index in [-0.39, 0.29) is 22.7 Å². The number of aryl methyl sites for hydroxylation is 1. The number of rotatable bonds is 5. The minimum Gasteiger partial charge on any atom is -0.324 e. The first-order valence-electron chi connectivity index (χ1n) is 6.32. The number of benzene rings is 1. The zero-order chi connectivity index (χ0) is 15.8. The van der Waals surface area contributed by atoms with Crippen molar-refractivity contribution in [3.63, 3.8) is 0 Å². The van der Waals surface area contributed by atoms with Crippen molar-refractivity contribution in [2.24, 2.45) is 0 Å². The second-order valence-corrected chi connectivity index (χ2v) is 7.60. The topological polar surface area (TPSA) is 52.0 Å². The normalized spacial score (nSPS) is 13.8. The smallest absolute Gasteiger partial charge is 0.153 e. The molecule has 2 rings (SSSR count). The van der Waals surface area contributed by atoms with Gasteiger partial charge >= 0.3 is 0 Å². The third-order valence-corrected chi connectivity index (χ3v) is 4.37. The van der Waals surface area contributed by atoms with Gasteiger partial charge in [0.05, 0.1) is 11.3 Å². The van der Waals surface area contributed by atoms with Gasteiger partial charge in [-0.1, -0.05) is 0 Å². The molecular weight excluding hydrogens is 322 g/mol. The van der Waals surface area contributed by atoms with E-state index in [1.807, 2.05) is 0 Å². The number of hydrogen-bond donors (Lipinski definition) is 0. The molecule has 1 atom stereocenters. The van der Waals surface area contributed by atoms with Gasteiger partial charge in [-0.3, -0.25) is 0 Å². The highest BCUT2D eigenvalue weighted by Gasteiger charge is 2.21. The van der Waals surface area contributed by atoms with Gasteiger partial charge in [-0.25, -0.2) is 22.2 Å². The molecule has 1 aromatic heterocycles. The van der Waals surface area contributed by atoms with E-state index in [1.165, 1.54) is 0 Å². The summed E-state index contributed by atoms with van der Waals surface area (Å²) in [5.41, 5.74) is 0.264. The molecule has 116 valence electrons. The molecule has 0 bridgehead atoms. The Hall–Kier alpha value is -1.21. The summed E-state index contributed by atoms with van der Waals surface area (Å²) in [6.07, 6.45) is 1.45. The summed E-state index contributed by atoms with van der Waals surface area (Å²) in [5, 5.41) is 0. The summed E-state index contributed by atoms with van der Waals surface area (Å²) in [7, 11) is -3.24. The van der Waals surface area contributed by atoms with Crippen LogP contribution in [0.4, 0.5) is 8.78 Å². The number of aromatic nitrogens is 2. The van der Waals surface area contributed by atoms with E-state index in [4.69, 9.17) is 11.6 Å². The number of alkyl halides is 1. The van der Waals surface area contributed by atoms with Crippen molar-refractivity contribution in [3.8, 4) is 0 Å². The van der Waals surface area contributed by atoms with Crippen LogP contribution in [0.1, 0.15) is 18.8 Å². The van der Waals surface area contributed by atoms with E-state index >= 15 is 0 Å². The van der Waals surface area contributed by atoms with Crippen LogP contribution in [0.15, 0.2) is 12.1 Å². The minimum absolute atomic E-state index is 0.0249. The lowest BCUT2D eigenvalue weighted by atomic mass is 10.2. The monoisotopic (exact) mass is 336 g/mol. The molecular formula is C13H15ClF2N2O2S. The average molecular weight is 337 g/mol. The molecule has 0 aliphatic heterocycles. The van der Waals surface area contributed by atoms with Crippen LogP contribution < -0.4 is 0 Å². The second-order valence-electron chi connectivity index (χ2n) is 5.03. The Balaban J connectivity index is 2.65. The molecule has 0 aliphatic rings. The Bertz CT molecular complexity index is 774. The number of sulfone groups is 1. The Morgan fingerprint density at radius 1 is 1.38 bits per heavy atom. The molecule has 1 unspecified atom stereocenters. The molecule has 21 heavy (non-hydrogen) atoms. The van der Waals surface area contributed by atoms with E-state index in [9.17, 15) is 17.2 Å². The maximum atomic E-state index is 13.8. The number of imidazole rings is 1. The minimum atomic E-state index is -3.24. The van der Waals surface area contributed by atoms with Crippen LogP contribution in [-0.4, -0.2) is 35.9 Å². The average Bonchev–Trinajstić information content (AvgIpc) is 2.65. The zero-order valence-corrected chi connectivity index (χ0v) is 13.2. The van der Waals surface area contributed by atoms with Crippen LogP contribution in [-0.2, 0) is 16.3 Å². The fourth-order valence-corrected chi connectivity index (χ4v) is 3.63. The first-order valence-corrected chi connectivity index (χ1v) is 8.92. The third kappa shape index (κ3) is 3.52. The molecule has 0 radical (unpaired) electrons. The zero-order valence-electron chi connectivity index (χ0n) is 11.6. The largest absolute Gasteiger partial charge is 0.324 e. The van der Waals surface area contributed by atoms with Gasteiger partial charge in [0.15, 0.2) is 5.82 Å². The van der Waals surface area contributed by atoms with Crippen molar-refractivity contribution in [2.45, 2.75) is 19.4 Å². The highest BCUT2D eigenvalue weighted by atomic mass is 35.5. The van der Waals surface area contributed by atoms with Gasteiger partial charge in [-0.05, 0) is 13.0 Å². The summed E-state index contributed by atoms with van der Waals surface area (Å²) in [6, 6.07) is 1.41. The van der Waals surface area contributed by atoms with E-state index in [2.05, 4.69) is 4.98 Å². The molecule has 0 saturated heterocycles. The summed E-state index contributed by atoms with van der Waals surface area (Å²) < 4.78 is 51.7. The maximum Gasteiger partial charge on any atom is 0.153 e. The molecule has 0 saturated carbocycles. The SMILES string of the molecule is CC(CS(C)(=O)=O)n1c(CCCl)nc2c(F)cc(F)cc21. The standard InChI is InChI=1S/C13H15ClF2N2O2S/c1-8(7-21(2,19)20)18-11-6-9(15)5-10(16)13(11)17-12(18)3-4-14/h5-6,8H,3-4,7H2,1-2H3. The lowest BCUT2D eigenvalue weighted by Gasteiger charge is -2.16. The van der Waals surface area contributed by atoms with E-state index in [1.54, 1.807) is 11.5 Å². The van der Waals surface area contributed by atoms with Crippen molar-refractivity contribution >= 4 is 32.5 Å². The van der Waals surface area contributed by atoms with Gasteiger partial charge in [0.2, 0.25) is 0 Å². The Kier molecular flexibility index (Phi) is 4.53. The van der Waals surface area contributed by atoms with Crippen LogP contribution in [0.3, 0.4) is 0 Å². The maximum absolute atomic E-state index is 13.8. The first kappa shape index (κ1) is 16.2. The van der Waals surface area contributed by atoms with Gasteiger partial charge < -0.3 is 4.57 Å². The highest BCUT2D eigenvalue weighted by Crippen LogP contribution is 2.25. The lowest BCUT2D eigenvalue weighted by molar-refractivity contribution is 0.556. The van der Waals surface area contributed by atoms with Crippen LogP contribution in [0.5, 0.6) is 0 Å². The van der Waals surface area contributed by atoms with Crippen molar-refractivity contribution in [1.82, 2.24) is 9.55 Å². The summed E-state index contributed by atoms with van der Waals surface area (Å²) in [6.45, 7) is 1.67. The number of hydrogen-bond acceptors (Lipinski definition) is 3. The Labute approximate surface area is 126 Å². The number of halogens is 3. The molecule has 0 fully saturated rings. The van der Waals surface area contributed by atoms with Crippen molar-refractivity contribution < 1.29 is 17.2 Å². The summed E-state index contributed by atoms with van der Waals surface area (Å²) in [5.74, 6) is -0.956. The Morgan fingerprint density at radius 2 is 2.05 bits per heavy atom. The van der Waals surface area contributed by atoms with E-state index in [0.717, 1.165) is 18.4 Å². The molecule has 1 aromatic carbocycles. The number of nitrogens with zero attached hydrogens (tertiary/aromatic N) is 2. The van der Waals surface area contributed by atoms with Crippen molar-refractivity contribution in [1.29, 1.82) is 0 Å². The first-order chi connectivity index (χ1) is 9.73. The van der Waals surface area contributed by atoms with Gasteiger partial charge in [0.1, 0.15) is 27.0 Å². The summed E-state index contributed by atoms with van der Waals surface area (Å²) in [4.78, 5) is 4.14. The van der Waals surface area contributed by atoms with E-state index in [0.29, 0.717) is 12.2 Å². The van der Waals surface area contributed by atoms with Gasteiger partial charge in [0, 0.05) is 30.7 Å². The molecule has 0 amide bonds. The molecule has 4 nitrogen and oxygen atoms in total.